The van der Waals surface area contributed by atoms with E-state index in [9.17, 15) is 9.18 Å². The number of halogens is 1. The molecule has 9 nitrogen and oxygen atoms in total. The van der Waals surface area contributed by atoms with Crippen LogP contribution < -0.4 is 5.32 Å². The van der Waals surface area contributed by atoms with E-state index in [-0.39, 0.29) is 18.1 Å². The van der Waals surface area contributed by atoms with E-state index in [1.165, 1.54) is 42.0 Å². The lowest BCUT2D eigenvalue weighted by Crippen LogP contribution is -2.17. The van der Waals surface area contributed by atoms with Gasteiger partial charge in [-0.1, -0.05) is 11.8 Å². The zero-order chi connectivity index (χ0) is 21.8. The zero-order valence-electron chi connectivity index (χ0n) is 16.5. The molecule has 1 aromatic carbocycles. The Kier molecular flexibility index (Phi) is 6.28. The predicted octanol–water partition coefficient (Wildman–Crippen LogP) is 3.26. The second-order valence-corrected chi connectivity index (χ2v) is 8.50. The van der Waals surface area contributed by atoms with Crippen molar-refractivity contribution in [2.75, 3.05) is 5.32 Å². The standard InChI is InChI=1S/C19H17FN8OS2/c1-11-7-15(27-28(11)2)25-16(29)8-14-18(30-13-5-3-12(20)4-6-13)21-9-17(24-14)31-19-22-10-23-26-19/h3-7,9-10H,8H2,1-2H3,(H,22,23,26)(H,25,27,29). The average Bonchev–Trinajstić information content (AvgIpc) is 3.35. The Morgan fingerprint density at radius 1 is 1.23 bits per heavy atom. The van der Waals surface area contributed by atoms with Gasteiger partial charge in [-0.3, -0.25) is 14.6 Å². The van der Waals surface area contributed by atoms with Crippen molar-refractivity contribution in [3.8, 4) is 0 Å². The van der Waals surface area contributed by atoms with Gasteiger partial charge in [-0.25, -0.2) is 19.3 Å². The van der Waals surface area contributed by atoms with Crippen molar-refractivity contribution < 1.29 is 9.18 Å². The first-order chi connectivity index (χ1) is 15.0. The molecule has 0 unspecified atom stereocenters. The molecule has 0 bridgehead atoms. The quantitative estimate of drug-likeness (QED) is 0.436. The molecule has 0 aliphatic rings. The topological polar surface area (TPSA) is 114 Å². The Labute approximate surface area is 185 Å². The molecule has 0 aliphatic heterocycles. The van der Waals surface area contributed by atoms with Crippen LogP contribution in [0.4, 0.5) is 10.2 Å². The SMILES string of the molecule is Cc1cc(NC(=O)Cc2nc(Sc3ncn[nH]3)cnc2Sc2ccc(F)cc2)nn1C. The number of anilines is 1. The monoisotopic (exact) mass is 456 g/mol. The van der Waals surface area contributed by atoms with Crippen LogP contribution in [0.15, 0.2) is 63.0 Å². The maximum absolute atomic E-state index is 13.2. The zero-order valence-corrected chi connectivity index (χ0v) is 18.2. The summed E-state index contributed by atoms with van der Waals surface area (Å²) in [5, 5.41) is 15.3. The fourth-order valence-electron chi connectivity index (χ4n) is 2.57. The molecule has 3 heterocycles. The van der Waals surface area contributed by atoms with Gasteiger partial charge < -0.3 is 5.32 Å². The molecule has 158 valence electrons. The van der Waals surface area contributed by atoms with Gasteiger partial charge in [0.1, 0.15) is 22.2 Å². The van der Waals surface area contributed by atoms with Gasteiger partial charge in [-0.15, -0.1) is 0 Å². The van der Waals surface area contributed by atoms with E-state index in [1.807, 2.05) is 6.92 Å². The van der Waals surface area contributed by atoms with Crippen molar-refractivity contribution in [2.45, 2.75) is 33.4 Å². The van der Waals surface area contributed by atoms with Crippen molar-refractivity contribution in [1.29, 1.82) is 0 Å². The lowest BCUT2D eigenvalue weighted by atomic mass is 10.3. The van der Waals surface area contributed by atoms with Crippen LogP contribution in [-0.2, 0) is 18.3 Å². The van der Waals surface area contributed by atoms with Gasteiger partial charge in [0.2, 0.25) is 5.91 Å². The molecule has 31 heavy (non-hydrogen) atoms. The molecule has 12 heteroatoms. The number of amides is 1. The molecule has 0 spiro atoms. The van der Waals surface area contributed by atoms with Crippen molar-refractivity contribution >= 4 is 35.2 Å². The number of nitrogens with one attached hydrogen (secondary N) is 2. The summed E-state index contributed by atoms with van der Waals surface area (Å²) >= 11 is 2.56. The van der Waals surface area contributed by atoms with Crippen LogP contribution in [0, 0.1) is 12.7 Å². The summed E-state index contributed by atoms with van der Waals surface area (Å²) in [6, 6.07) is 7.84. The number of H-pyrrole nitrogens is 1. The molecule has 4 rings (SSSR count). The summed E-state index contributed by atoms with van der Waals surface area (Å²) in [5.41, 5.74) is 1.41. The minimum Gasteiger partial charge on any atom is -0.309 e. The van der Waals surface area contributed by atoms with E-state index in [2.05, 4.69) is 35.6 Å². The van der Waals surface area contributed by atoms with Crippen molar-refractivity contribution in [1.82, 2.24) is 34.9 Å². The molecular weight excluding hydrogens is 439 g/mol. The van der Waals surface area contributed by atoms with Crippen LogP contribution in [0.5, 0.6) is 0 Å². The molecule has 3 aromatic heterocycles. The largest absolute Gasteiger partial charge is 0.309 e. The lowest BCUT2D eigenvalue weighted by molar-refractivity contribution is -0.115. The minimum absolute atomic E-state index is 0.00302. The maximum Gasteiger partial charge on any atom is 0.231 e. The van der Waals surface area contributed by atoms with Gasteiger partial charge in [0.15, 0.2) is 11.0 Å². The molecule has 0 aliphatic carbocycles. The minimum atomic E-state index is -0.320. The van der Waals surface area contributed by atoms with Gasteiger partial charge in [0.05, 0.1) is 18.3 Å². The third-order valence-electron chi connectivity index (χ3n) is 4.12. The highest BCUT2D eigenvalue weighted by atomic mass is 32.2. The van der Waals surface area contributed by atoms with E-state index in [1.54, 1.807) is 36.1 Å². The maximum atomic E-state index is 13.2. The summed E-state index contributed by atoms with van der Waals surface area (Å²) < 4.78 is 14.9. The highest BCUT2D eigenvalue weighted by Crippen LogP contribution is 2.31. The fourth-order valence-corrected chi connectivity index (χ4v) is 4.06. The molecule has 1 amide bonds. The van der Waals surface area contributed by atoms with Crippen LogP contribution in [-0.4, -0.2) is 40.8 Å². The number of nitrogens with zero attached hydrogens (tertiary/aromatic N) is 6. The number of benzene rings is 1. The molecular formula is C19H17FN8OS2. The molecule has 0 fully saturated rings. The first kappa shape index (κ1) is 21.0. The number of aryl methyl sites for hydroxylation is 2. The van der Waals surface area contributed by atoms with E-state index in [0.29, 0.717) is 26.7 Å². The summed E-state index contributed by atoms with van der Waals surface area (Å²) in [6.45, 7) is 1.90. The molecule has 0 saturated carbocycles. The Bertz CT molecular complexity index is 1170. The molecule has 0 atom stereocenters. The molecule has 0 saturated heterocycles. The number of aromatic amines is 1. The van der Waals surface area contributed by atoms with Gasteiger partial charge in [-0.2, -0.15) is 10.2 Å². The molecule has 0 radical (unpaired) electrons. The number of rotatable bonds is 7. The number of aromatic nitrogens is 7. The van der Waals surface area contributed by atoms with E-state index in [0.717, 1.165) is 10.6 Å². The predicted molar refractivity (Wildman–Crippen MR) is 113 cm³/mol. The molecule has 2 N–H and O–H groups in total. The van der Waals surface area contributed by atoms with Crippen LogP contribution in [0.2, 0.25) is 0 Å². The van der Waals surface area contributed by atoms with Gasteiger partial charge in [0.25, 0.3) is 0 Å². The van der Waals surface area contributed by atoms with E-state index in [4.69, 9.17) is 0 Å². The summed E-state index contributed by atoms with van der Waals surface area (Å²) in [7, 11) is 1.80. The third kappa shape index (κ3) is 5.47. The second kappa shape index (κ2) is 9.27. The van der Waals surface area contributed by atoms with Crippen LogP contribution in [0.3, 0.4) is 0 Å². The highest BCUT2D eigenvalue weighted by Gasteiger charge is 2.16. The van der Waals surface area contributed by atoms with Crippen molar-refractivity contribution in [3.05, 3.63) is 60.1 Å². The summed E-state index contributed by atoms with van der Waals surface area (Å²) in [4.78, 5) is 26.6. The number of hydrogen-bond donors (Lipinski definition) is 2. The van der Waals surface area contributed by atoms with E-state index >= 15 is 0 Å². The number of carbonyl (C=O) groups is 1. The summed E-state index contributed by atoms with van der Waals surface area (Å²) in [6.07, 6.45) is 3.00. The third-order valence-corrected chi connectivity index (χ3v) is 5.95. The van der Waals surface area contributed by atoms with Crippen molar-refractivity contribution in [3.63, 3.8) is 0 Å². The van der Waals surface area contributed by atoms with Crippen LogP contribution in [0.25, 0.3) is 0 Å². The van der Waals surface area contributed by atoms with Crippen molar-refractivity contribution in [2.24, 2.45) is 7.05 Å². The smallest absolute Gasteiger partial charge is 0.231 e. The Hall–Kier alpha value is -3.25. The Balaban J connectivity index is 1.57. The van der Waals surface area contributed by atoms with Gasteiger partial charge in [-0.05, 0) is 43.0 Å². The second-order valence-electron chi connectivity index (χ2n) is 6.43. The summed E-state index contributed by atoms with van der Waals surface area (Å²) in [5.74, 6) is -0.118. The first-order valence-electron chi connectivity index (χ1n) is 9.09. The fraction of sp³-hybridized carbons (Fsp3) is 0.158. The average molecular weight is 457 g/mol. The van der Waals surface area contributed by atoms with Gasteiger partial charge >= 0.3 is 0 Å². The number of carbonyl (C=O) groups excluding carboxylic acids is 1. The first-order valence-corrected chi connectivity index (χ1v) is 10.7. The normalized spacial score (nSPS) is 10.9. The molecule has 4 aromatic rings. The van der Waals surface area contributed by atoms with Gasteiger partial charge in [0, 0.05) is 23.7 Å². The van der Waals surface area contributed by atoms with Crippen LogP contribution in [0.1, 0.15) is 11.4 Å². The Morgan fingerprint density at radius 3 is 2.71 bits per heavy atom. The van der Waals surface area contributed by atoms with Crippen LogP contribution >= 0.6 is 23.5 Å². The highest BCUT2D eigenvalue weighted by molar-refractivity contribution is 7.99. The van der Waals surface area contributed by atoms with E-state index < -0.39 is 0 Å². The number of hydrogen-bond acceptors (Lipinski definition) is 8. The Morgan fingerprint density at radius 2 is 2.03 bits per heavy atom. The lowest BCUT2D eigenvalue weighted by Gasteiger charge is -2.09.